The van der Waals surface area contributed by atoms with Gasteiger partial charge in [-0.15, -0.1) is 0 Å². The zero-order valence-corrected chi connectivity index (χ0v) is 13.0. The molecule has 0 fully saturated rings. The van der Waals surface area contributed by atoms with Crippen molar-refractivity contribution < 1.29 is 0 Å². The Kier molecular flexibility index (Phi) is 5.16. The Morgan fingerprint density at radius 3 is 2.70 bits per heavy atom. The van der Waals surface area contributed by atoms with E-state index in [0.717, 1.165) is 23.7 Å². The third-order valence-electron chi connectivity index (χ3n) is 3.58. The van der Waals surface area contributed by atoms with Crippen LogP contribution < -0.4 is 5.32 Å². The number of rotatable bonds is 5. The van der Waals surface area contributed by atoms with Crippen LogP contribution in [0.15, 0.2) is 36.5 Å². The van der Waals surface area contributed by atoms with Crippen molar-refractivity contribution in [2.24, 2.45) is 0 Å². The Balaban J connectivity index is 2.32. The average molecular weight is 289 g/mol. The smallest absolute Gasteiger partial charge is 0.0451 e. The van der Waals surface area contributed by atoms with E-state index < -0.39 is 0 Å². The molecule has 0 aliphatic carbocycles. The summed E-state index contributed by atoms with van der Waals surface area (Å²) in [6.45, 7) is 7.28. The second-order valence-corrected chi connectivity index (χ2v) is 5.52. The fraction of sp³-hybridized carbons (Fsp3) is 0.353. The van der Waals surface area contributed by atoms with Gasteiger partial charge in [0.1, 0.15) is 0 Å². The highest BCUT2D eigenvalue weighted by molar-refractivity contribution is 6.30. The number of aromatic nitrogens is 1. The van der Waals surface area contributed by atoms with Crippen LogP contribution in [0.1, 0.15) is 35.3 Å². The molecule has 3 heteroatoms. The predicted molar refractivity (Wildman–Crippen MR) is 85.3 cm³/mol. The average Bonchev–Trinajstić information content (AvgIpc) is 2.43. The van der Waals surface area contributed by atoms with Crippen molar-refractivity contribution in [2.75, 3.05) is 6.54 Å². The van der Waals surface area contributed by atoms with Crippen LogP contribution in [0.2, 0.25) is 5.02 Å². The number of pyridine rings is 1. The number of hydrogen-bond donors (Lipinski definition) is 1. The van der Waals surface area contributed by atoms with E-state index >= 15 is 0 Å². The molecule has 0 radical (unpaired) electrons. The third-order valence-corrected chi connectivity index (χ3v) is 3.82. The first-order chi connectivity index (χ1) is 9.61. The molecule has 106 valence electrons. The zero-order chi connectivity index (χ0) is 14.5. The van der Waals surface area contributed by atoms with E-state index in [9.17, 15) is 0 Å². The largest absolute Gasteiger partial charge is 0.310 e. The first-order valence-corrected chi connectivity index (χ1v) is 7.39. The van der Waals surface area contributed by atoms with Crippen LogP contribution in [0.3, 0.4) is 0 Å². The maximum atomic E-state index is 6.15. The van der Waals surface area contributed by atoms with Gasteiger partial charge in [0.05, 0.1) is 0 Å². The molecule has 0 saturated carbocycles. The van der Waals surface area contributed by atoms with Gasteiger partial charge in [0, 0.05) is 29.4 Å². The summed E-state index contributed by atoms with van der Waals surface area (Å²) in [6.07, 6.45) is 2.73. The van der Waals surface area contributed by atoms with Gasteiger partial charge in [0.25, 0.3) is 0 Å². The van der Waals surface area contributed by atoms with Crippen LogP contribution >= 0.6 is 11.6 Å². The van der Waals surface area contributed by atoms with Gasteiger partial charge >= 0.3 is 0 Å². The molecule has 1 aromatic heterocycles. The number of aryl methyl sites for hydroxylation is 2. The summed E-state index contributed by atoms with van der Waals surface area (Å²) in [6, 6.07) is 10.4. The minimum Gasteiger partial charge on any atom is -0.310 e. The molecule has 0 spiro atoms. The Bertz CT molecular complexity index is 581. The van der Waals surface area contributed by atoms with E-state index in [2.05, 4.69) is 49.3 Å². The fourth-order valence-corrected chi connectivity index (χ4v) is 2.63. The topological polar surface area (TPSA) is 24.9 Å². The Morgan fingerprint density at radius 2 is 2.00 bits per heavy atom. The van der Waals surface area contributed by atoms with Gasteiger partial charge in [-0.1, -0.05) is 30.7 Å². The Morgan fingerprint density at radius 1 is 1.20 bits per heavy atom. The first-order valence-electron chi connectivity index (χ1n) is 7.01. The lowest BCUT2D eigenvalue weighted by Crippen LogP contribution is -2.24. The predicted octanol–water partition coefficient (Wildman–Crippen LogP) is 4.25. The van der Waals surface area contributed by atoms with E-state index in [-0.39, 0.29) is 6.04 Å². The molecule has 2 aromatic rings. The lowest BCUT2D eigenvalue weighted by molar-refractivity contribution is 0.540. The van der Waals surface area contributed by atoms with Crippen LogP contribution in [0.25, 0.3) is 0 Å². The van der Waals surface area contributed by atoms with Gasteiger partial charge in [0.2, 0.25) is 0 Å². The van der Waals surface area contributed by atoms with Gasteiger partial charge in [-0.05, 0) is 55.3 Å². The Labute approximate surface area is 126 Å². The van der Waals surface area contributed by atoms with Crippen LogP contribution in [0.5, 0.6) is 0 Å². The molecule has 0 amide bonds. The van der Waals surface area contributed by atoms with Crippen LogP contribution in [0, 0.1) is 13.8 Å². The summed E-state index contributed by atoms with van der Waals surface area (Å²) in [5.41, 5.74) is 4.88. The highest BCUT2D eigenvalue weighted by Crippen LogP contribution is 2.25. The van der Waals surface area contributed by atoms with Gasteiger partial charge in [-0.2, -0.15) is 0 Å². The van der Waals surface area contributed by atoms with Crippen molar-refractivity contribution in [3.63, 3.8) is 0 Å². The molecule has 20 heavy (non-hydrogen) atoms. The molecule has 0 aliphatic rings. The molecule has 1 aromatic carbocycles. The summed E-state index contributed by atoms with van der Waals surface area (Å²) in [5, 5.41) is 4.33. The lowest BCUT2D eigenvalue weighted by atomic mass is 9.96. The van der Waals surface area contributed by atoms with Crippen molar-refractivity contribution in [1.82, 2.24) is 10.3 Å². The van der Waals surface area contributed by atoms with Gasteiger partial charge in [-0.3, -0.25) is 4.98 Å². The molecular formula is C17H21ClN2. The van der Waals surface area contributed by atoms with Crippen LogP contribution in [-0.2, 0) is 6.42 Å². The quantitative estimate of drug-likeness (QED) is 0.890. The third kappa shape index (κ3) is 3.59. The maximum absolute atomic E-state index is 6.15. The van der Waals surface area contributed by atoms with Crippen molar-refractivity contribution >= 4 is 11.6 Å². The fourth-order valence-electron chi connectivity index (χ4n) is 2.45. The van der Waals surface area contributed by atoms with E-state index in [1.807, 2.05) is 18.3 Å². The summed E-state index contributed by atoms with van der Waals surface area (Å²) >= 11 is 6.15. The second-order valence-electron chi connectivity index (χ2n) is 5.08. The molecule has 2 nitrogen and oxygen atoms in total. The van der Waals surface area contributed by atoms with Gasteiger partial charge in [0.15, 0.2) is 0 Å². The van der Waals surface area contributed by atoms with Gasteiger partial charge in [-0.25, -0.2) is 0 Å². The van der Waals surface area contributed by atoms with E-state index in [1.165, 1.54) is 16.7 Å². The standard InChI is InChI=1S/C17H21ClN2/c1-4-19-17(11-16-13(3)6-5-9-20-16)15-10-14(18)8-7-12(15)2/h5-10,17,19H,4,11H2,1-3H3. The normalized spacial score (nSPS) is 12.4. The highest BCUT2D eigenvalue weighted by Gasteiger charge is 2.15. The summed E-state index contributed by atoms with van der Waals surface area (Å²) in [7, 11) is 0. The molecular weight excluding hydrogens is 268 g/mol. The monoisotopic (exact) mass is 288 g/mol. The molecule has 1 atom stereocenters. The molecule has 2 rings (SSSR count). The number of nitrogens with zero attached hydrogens (tertiary/aromatic N) is 1. The SMILES string of the molecule is CCNC(Cc1ncccc1C)c1cc(Cl)ccc1C. The molecule has 0 aliphatic heterocycles. The Hall–Kier alpha value is -1.38. The number of halogens is 1. The van der Waals surface area contributed by atoms with Crippen molar-refractivity contribution in [2.45, 2.75) is 33.2 Å². The number of hydrogen-bond acceptors (Lipinski definition) is 2. The van der Waals surface area contributed by atoms with E-state index in [0.29, 0.717) is 0 Å². The summed E-state index contributed by atoms with van der Waals surface area (Å²) < 4.78 is 0. The minimum atomic E-state index is 0.243. The summed E-state index contributed by atoms with van der Waals surface area (Å²) in [5.74, 6) is 0. The number of nitrogens with one attached hydrogen (secondary N) is 1. The summed E-state index contributed by atoms with van der Waals surface area (Å²) in [4.78, 5) is 4.50. The first kappa shape index (κ1) is 15.0. The number of benzene rings is 1. The molecule has 0 saturated heterocycles. The van der Waals surface area contributed by atoms with Crippen LogP contribution in [0.4, 0.5) is 0 Å². The van der Waals surface area contributed by atoms with Crippen molar-refractivity contribution in [3.8, 4) is 0 Å². The second kappa shape index (κ2) is 6.87. The maximum Gasteiger partial charge on any atom is 0.0451 e. The highest BCUT2D eigenvalue weighted by atomic mass is 35.5. The molecule has 1 unspecified atom stereocenters. The van der Waals surface area contributed by atoms with E-state index in [1.54, 1.807) is 0 Å². The molecule has 0 bridgehead atoms. The molecule has 1 heterocycles. The molecule has 1 N–H and O–H groups in total. The number of likely N-dealkylation sites (N-methyl/N-ethyl adjacent to an activating group) is 1. The van der Waals surface area contributed by atoms with E-state index in [4.69, 9.17) is 11.6 Å². The van der Waals surface area contributed by atoms with Crippen molar-refractivity contribution in [3.05, 3.63) is 63.9 Å². The van der Waals surface area contributed by atoms with Gasteiger partial charge < -0.3 is 5.32 Å². The minimum absolute atomic E-state index is 0.243. The zero-order valence-electron chi connectivity index (χ0n) is 12.3. The lowest BCUT2D eigenvalue weighted by Gasteiger charge is -2.21. The van der Waals surface area contributed by atoms with Crippen LogP contribution in [-0.4, -0.2) is 11.5 Å². The van der Waals surface area contributed by atoms with Crippen molar-refractivity contribution in [1.29, 1.82) is 0 Å².